The van der Waals surface area contributed by atoms with Gasteiger partial charge in [0.2, 0.25) is 0 Å². The molecule has 1 aromatic rings. The summed E-state index contributed by atoms with van der Waals surface area (Å²) in [6.45, 7) is -0.0814. The van der Waals surface area contributed by atoms with Crippen molar-refractivity contribution in [1.29, 1.82) is 0 Å². The molecule has 8 nitrogen and oxygen atoms in total. The SMILES string of the molecule is O=C(O)NCC1(C(=O)O)CCC(Cc2ccc([N+](=O)[O-])cc2)CC1. The highest BCUT2D eigenvalue weighted by Crippen LogP contribution is 2.40. The number of hydrogen-bond acceptors (Lipinski definition) is 4. The Morgan fingerprint density at radius 1 is 1.21 bits per heavy atom. The van der Waals surface area contributed by atoms with Crippen molar-refractivity contribution >= 4 is 17.7 Å². The van der Waals surface area contributed by atoms with Crippen LogP contribution in [-0.4, -0.2) is 33.7 Å². The zero-order chi connectivity index (χ0) is 17.7. The highest BCUT2D eigenvalue weighted by molar-refractivity contribution is 5.76. The second kappa shape index (κ2) is 7.29. The zero-order valence-electron chi connectivity index (χ0n) is 13.1. The summed E-state index contributed by atoms with van der Waals surface area (Å²) in [4.78, 5) is 32.4. The van der Waals surface area contributed by atoms with Gasteiger partial charge in [-0.05, 0) is 43.6 Å². The fraction of sp³-hybridized carbons (Fsp3) is 0.500. The van der Waals surface area contributed by atoms with E-state index in [1.807, 2.05) is 0 Å². The second-order valence-corrected chi connectivity index (χ2v) is 6.32. The maximum Gasteiger partial charge on any atom is 0.404 e. The third-order valence-electron chi connectivity index (χ3n) is 4.77. The van der Waals surface area contributed by atoms with Gasteiger partial charge in [0.25, 0.3) is 5.69 Å². The minimum atomic E-state index is -1.22. The van der Waals surface area contributed by atoms with Crippen LogP contribution in [0.3, 0.4) is 0 Å². The van der Waals surface area contributed by atoms with E-state index in [1.165, 1.54) is 12.1 Å². The lowest BCUT2D eigenvalue weighted by atomic mass is 9.69. The molecule has 0 heterocycles. The quantitative estimate of drug-likeness (QED) is 0.541. The maximum atomic E-state index is 11.6. The van der Waals surface area contributed by atoms with Crippen LogP contribution >= 0.6 is 0 Å². The van der Waals surface area contributed by atoms with Crippen molar-refractivity contribution in [1.82, 2.24) is 5.32 Å². The molecule has 0 aliphatic heterocycles. The van der Waals surface area contributed by atoms with Gasteiger partial charge >= 0.3 is 12.1 Å². The average molecular weight is 336 g/mol. The summed E-state index contributed by atoms with van der Waals surface area (Å²) in [5.74, 6) is -0.672. The molecule has 1 saturated carbocycles. The van der Waals surface area contributed by atoms with Crippen LogP contribution in [0.25, 0.3) is 0 Å². The zero-order valence-corrected chi connectivity index (χ0v) is 13.1. The highest BCUT2D eigenvalue weighted by atomic mass is 16.6. The predicted octanol–water partition coefficient (Wildman–Crippen LogP) is 2.67. The van der Waals surface area contributed by atoms with E-state index in [4.69, 9.17) is 5.11 Å². The molecule has 0 saturated heterocycles. The molecule has 0 bridgehead atoms. The molecule has 1 amide bonds. The van der Waals surface area contributed by atoms with E-state index in [0.717, 1.165) is 12.0 Å². The van der Waals surface area contributed by atoms with E-state index >= 15 is 0 Å². The van der Waals surface area contributed by atoms with E-state index in [-0.39, 0.29) is 12.2 Å². The Morgan fingerprint density at radius 3 is 2.25 bits per heavy atom. The number of nitro groups is 1. The van der Waals surface area contributed by atoms with Gasteiger partial charge in [-0.25, -0.2) is 4.79 Å². The molecule has 24 heavy (non-hydrogen) atoms. The molecular weight excluding hydrogens is 316 g/mol. The average Bonchev–Trinajstić information content (AvgIpc) is 2.54. The summed E-state index contributed by atoms with van der Waals surface area (Å²) >= 11 is 0. The van der Waals surface area contributed by atoms with Crippen LogP contribution in [0.2, 0.25) is 0 Å². The molecular formula is C16H20N2O6. The smallest absolute Gasteiger partial charge is 0.404 e. The normalized spacial score (nSPS) is 23.4. The first-order valence-corrected chi connectivity index (χ1v) is 7.76. The molecule has 1 aliphatic carbocycles. The first-order chi connectivity index (χ1) is 11.3. The molecule has 130 valence electrons. The number of rotatable bonds is 6. The number of carboxylic acids is 1. The number of nitrogens with zero attached hydrogens (tertiary/aromatic N) is 1. The van der Waals surface area contributed by atoms with Crippen LogP contribution in [0.5, 0.6) is 0 Å². The molecule has 1 aliphatic rings. The van der Waals surface area contributed by atoms with Crippen molar-refractivity contribution < 1.29 is 24.7 Å². The Kier molecular flexibility index (Phi) is 5.38. The van der Waals surface area contributed by atoms with Gasteiger partial charge in [0, 0.05) is 18.7 Å². The van der Waals surface area contributed by atoms with Crippen molar-refractivity contribution in [3.8, 4) is 0 Å². The number of hydrogen-bond donors (Lipinski definition) is 3. The number of nitrogens with one attached hydrogen (secondary N) is 1. The Morgan fingerprint density at radius 2 is 1.79 bits per heavy atom. The van der Waals surface area contributed by atoms with Gasteiger partial charge in [0.15, 0.2) is 0 Å². The number of nitro benzene ring substituents is 1. The standard InChI is InChI=1S/C16H20N2O6/c19-14(20)16(10-17-15(21)22)7-5-12(6-8-16)9-11-1-3-13(4-2-11)18(23)24/h1-4,12,17H,5-10H2,(H,19,20)(H,21,22). The van der Waals surface area contributed by atoms with E-state index < -0.39 is 22.4 Å². The number of benzene rings is 1. The van der Waals surface area contributed by atoms with Gasteiger partial charge < -0.3 is 15.5 Å². The molecule has 3 N–H and O–H groups in total. The first-order valence-electron chi connectivity index (χ1n) is 7.76. The number of carbonyl (C=O) groups is 2. The Bertz CT molecular complexity index is 620. The summed E-state index contributed by atoms with van der Waals surface area (Å²) < 4.78 is 0. The topological polar surface area (TPSA) is 130 Å². The van der Waals surface area contributed by atoms with Gasteiger partial charge in [0.05, 0.1) is 10.3 Å². The third-order valence-corrected chi connectivity index (χ3v) is 4.77. The summed E-state index contributed by atoms with van der Waals surface area (Å²) in [5.41, 5.74) is -0.00575. The number of amides is 1. The van der Waals surface area contributed by atoms with Crippen molar-refractivity contribution in [2.24, 2.45) is 11.3 Å². The molecule has 0 spiro atoms. The van der Waals surface area contributed by atoms with Gasteiger partial charge in [-0.2, -0.15) is 0 Å². The number of carboxylic acid groups (broad SMARTS) is 2. The molecule has 1 fully saturated rings. The van der Waals surface area contributed by atoms with Crippen molar-refractivity contribution in [3.63, 3.8) is 0 Å². The van der Waals surface area contributed by atoms with Crippen molar-refractivity contribution in [2.45, 2.75) is 32.1 Å². The third kappa shape index (κ3) is 4.21. The maximum absolute atomic E-state index is 11.6. The molecule has 2 rings (SSSR count). The first kappa shape index (κ1) is 17.7. The van der Waals surface area contributed by atoms with E-state index in [9.17, 15) is 24.8 Å². The van der Waals surface area contributed by atoms with E-state index in [1.54, 1.807) is 12.1 Å². The van der Waals surface area contributed by atoms with Gasteiger partial charge in [-0.3, -0.25) is 14.9 Å². The lowest BCUT2D eigenvalue weighted by Crippen LogP contribution is -2.45. The summed E-state index contributed by atoms with van der Waals surface area (Å²) in [7, 11) is 0. The van der Waals surface area contributed by atoms with Crippen molar-refractivity contribution in [3.05, 3.63) is 39.9 Å². The van der Waals surface area contributed by atoms with Gasteiger partial charge in [-0.15, -0.1) is 0 Å². The summed E-state index contributed by atoms with van der Waals surface area (Å²) in [6.07, 6.45) is 1.72. The fourth-order valence-corrected chi connectivity index (χ4v) is 3.23. The summed E-state index contributed by atoms with van der Waals surface area (Å²) in [6, 6.07) is 6.39. The molecule has 1 aromatic carbocycles. The molecule has 0 unspecified atom stereocenters. The summed E-state index contributed by atoms with van der Waals surface area (Å²) in [5, 5.41) is 31.0. The minimum absolute atomic E-state index is 0.0482. The monoisotopic (exact) mass is 336 g/mol. The molecule has 0 radical (unpaired) electrons. The van der Waals surface area contributed by atoms with Crippen LogP contribution < -0.4 is 5.32 Å². The number of non-ortho nitro benzene ring substituents is 1. The minimum Gasteiger partial charge on any atom is -0.481 e. The van der Waals surface area contributed by atoms with Crippen LogP contribution in [0.15, 0.2) is 24.3 Å². The van der Waals surface area contributed by atoms with E-state index in [0.29, 0.717) is 31.6 Å². The lowest BCUT2D eigenvalue weighted by Gasteiger charge is -2.36. The van der Waals surface area contributed by atoms with Crippen LogP contribution in [0, 0.1) is 21.4 Å². The molecule has 0 aromatic heterocycles. The molecule has 0 atom stereocenters. The van der Waals surface area contributed by atoms with Crippen LogP contribution in [0.1, 0.15) is 31.2 Å². The Balaban J connectivity index is 1.94. The predicted molar refractivity (Wildman–Crippen MR) is 84.9 cm³/mol. The van der Waals surface area contributed by atoms with Crippen LogP contribution in [0.4, 0.5) is 10.5 Å². The lowest BCUT2D eigenvalue weighted by molar-refractivity contribution is -0.384. The van der Waals surface area contributed by atoms with Crippen LogP contribution in [-0.2, 0) is 11.2 Å². The van der Waals surface area contributed by atoms with E-state index in [2.05, 4.69) is 5.32 Å². The van der Waals surface area contributed by atoms with Gasteiger partial charge in [-0.1, -0.05) is 12.1 Å². The largest absolute Gasteiger partial charge is 0.481 e. The fourth-order valence-electron chi connectivity index (χ4n) is 3.23. The molecule has 8 heteroatoms. The Hall–Kier alpha value is -2.64. The van der Waals surface area contributed by atoms with Crippen molar-refractivity contribution in [2.75, 3.05) is 6.54 Å². The Labute approximate surface area is 138 Å². The second-order valence-electron chi connectivity index (χ2n) is 6.32. The number of aliphatic carboxylic acids is 1. The van der Waals surface area contributed by atoms with Gasteiger partial charge in [0.1, 0.15) is 0 Å². The highest BCUT2D eigenvalue weighted by Gasteiger charge is 2.42.